The number of hydrogen-bond acceptors (Lipinski definition) is 3. The van der Waals surface area contributed by atoms with E-state index in [4.69, 9.17) is 27.7 Å². The van der Waals surface area contributed by atoms with Crippen molar-refractivity contribution in [1.29, 1.82) is 0 Å². The van der Waals surface area contributed by atoms with Gasteiger partial charge in [-0.05, 0) is 25.1 Å². The number of aromatic nitrogens is 1. The lowest BCUT2D eigenvalue weighted by Crippen LogP contribution is -2.11. The maximum absolute atomic E-state index is 11.8. The van der Waals surface area contributed by atoms with E-state index in [0.29, 0.717) is 16.3 Å². The Morgan fingerprint density at radius 2 is 2.12 bits per heavy atom. The molecule has 0 unspecified atom stereocenters. The second-order valence-corrected chi connectivity index (χ2v) is 4.25. The SMILES string of the molecule is Cc1cc(NC(=O)c2ccc(Cl)cc2Cl)on1. The third-order valence-corrected chi connectivity index (χ3v) is 2.59. The number of rotatable bonds is 2. The summed E-state index contributed by atoms with van der Waals surface area (Å²) in [5, 5.41) is 6.96. The van der Waals surface area contributed by atoms with Crippen LogP contribution >= 0.6 is 23.2 Å². The van der Waals surface area contributed by atoms with E-state index in [9.17, 15) is 4.79 Å². The van der Waals surface area contributed by atoms with E-state index in [-0.39, 0.29) is 16.8 Å². The molecular weight excluding hydrogens is 263 g/mol. The lowest BCUT2D eigenvalue weighted by molar-refractivity contribution is 0.102. The van der Waals surface area contributed by atoms with E-state index in [2.05, 4.69) is 10.5 Å². The van der Waals surface area contributed by atoms with Gasteiger partial charge in [-0.1, -0.05) is 28.4 Å². The second kappa shape index (κ2) is 4.77. The summed E-state index contributed by atoms with van der Waals surface area (Å²) in [4.78, 5) is 11.8. The molecule has 1 N–H and O–H groups in total. The van der Waals surface area contributed by atoms with Crippen LogP contribution in [0.25, 0.3) is 0 Å². The van der Waals surface area contributed by atoms with Gasteiger partial charge in [0.1, 0.15) is 0 Å². The van der Waals surface area contributed by atoms with Gasteiger partial charge in [0.05, 0.1) is 16.3 Å². The molecule has 1 heterocycles. The molecule has 0 spiro atoms. The molecule has 0 atom stereocenters. The highest BCUT2D eigenvalue weighted by Gasteiger charge is 2.12. The Bertz CT molecular complexity index is 566. The number of nitrogens with zero attached hydrogens (tertiary/aromatic N) is 1. The lowest BCUT2D eigenvalue weighted by Gasteiger charge is -2.03. The number of aryl methyl sites for hydroxylation is 1. The topological polar surface area (TPSA) is 55.1 Å². The fraction of sp³-hybridized carbons (Fsp3) is 0.0909. The largest absolute Gasteiger partial charge is 0.338 e. The van der Waals surface area contributed by atoms with Gasteiger partial charge in [-0.2, -0.15) is 0 Å². The minimum absolute atomic E-state index is 0.276. The predicted octanol–water partition coefficient (Wildman–Crippen LogP) is 3.54. The Hall–Kier alpha value is -1.52. The summed E-state index contributed by atoms with van der Waals surface area (Å²) in [7, 11) is 0. The first-order valence-corrected chi connectivity index (χ1v) is 5.51. The van der Waals surface area contributed by atoms with Crippen LogP contribution in [0.2, 0.25) is 10.0 Å². The first-order valence-electron chi connectivity index (χ1n) is 4.76. The van der Waals surface area contributed by atoms with E-state index in [1.807, 2.05) is 0 Å². The average Bonchev–Trinajstić information content (AvgIpc) is 2.63. The van der Waals surface area contributed by atoms with Crippen molar-refractivity contribution in [1.82, 2.24) is 5.16 Å². The smallest absolute Gasteiger partial charge is 0.259 e. The number of benzene rings is 1. The van der Waals surface area contributed by atoms with Crippen LogP contribution in [0.3, 0.4) is 0 Å². The number of nitrogens with one attached hydrogen (secondary N) is 1. The van der Waals surface area contributed by atoms with Crippen molar-refractivity contribution < 1.29 is 9.32 Å². The van der Waals surface area contributed by atoms with Crippen molar-refractivity contribution in [2.24, 2.45) is 0 Å². The molecule has 17 heavy (non-hydrogen) atoms. The Morgan fingerprint density at radius 1 is 1.35 bits per heavy atom. The van der Waals surface area contributed by atoms with Crippen molar-refractivity contribution in [3.63, 3.8) is 0 Å². The first kappa shape index (κ1) is 12.0. The van der Waals surface area contributed by atoms with E-state index in [1.54, 1.807) is 25.1 Å². The van der Waals surface area contributed by atoms with Crippen molar-refractivity contribution in [3.8, 4) is 0 Å². The first-order chi connectivity index (χ1) is 8.06. The van der Waals surface area contributed by atoms with E-state index in [1.165, 1.54) is 6.07 Å². The molecule has 4 nitrogen and oxygen atoms in total. The minimum Gasteiger partial charge on any atom is -0.338 e. The lowest BCUT2D eigenvalue weighted by atomic mass is 10.2. The quantitative estimate of drug-likeness (QED) is 0.908. The Balaban J connectivity index is 2.20. The van der Waals surface area contributed by atoms with Crippen LogP contribution in [-0.4, -0.2) is 11.1 Å². The van der Waals surface area contributed by atoms with Gasteiger partial charge in [0, 0.05) is 11.1 Å². The number of amides is 1. The van der Waals surface area contributed by atoms with Gasteiger partial charge in [0.25, 0.3) is 5.91 Å². The summed E-state index contributed by atoms with van der Waals surface area (Å²) in [5.41, 5.74) is 1.01. The molecular formula is C11H8Cl2N2O2. The van der Waals surface area contributed by atoms with Crippen LogP contribution in [0.4, 0.5) is 5.88 Å². The van der Waals surface area contributed by atoms with Crippen LogP contribution < -0.4 is 5.32 Å². The molecule has 0 aliphatic heterocycles. The molecule has 0 bridgehead atoms. The summed E-state index contributed by atoms with van der Waals surface area (Å²) < 4.78 is 4.87. The van der Waals surface area contributed by atoms with Gasteiger partial charge >= 0.3 is 0 Å². The Labute approximate surface area is 108 Å². The molecule has 88 valence electrons. The molecule has 1 amide bonds. The van der Waals surface area contributed by atoms with Gasteiger partial charge in [-0.25, -0.2) is 0 Å². The third kappa shape index (κ3) is 2.78. The normalized spacial score (nSPS) is 10.3. The summed E-state index contributed by atoms with van der Waals surface area (Å²) in [6.45, 7) is 1.76. The second-order valence-electron chi connectivity index (χ2n) is 3.41. The number of anilines is 1. The molecule has 0 saturated carbocycles. The van der Waals surface area contributed by atoms with E-state index >= 15 is 0 Å². The van der Waals surface area contributed by atoms with Crippen molar-refractivity contribution >= 4 is 35.0 Å². The van der Waals surface area contributed by atoms with Crippen molar-refractivity contribution in [2.45, 2.75) is 6.92 Å². The zero-order valence-electron chi connectivity index (χ0n) is 8.83. The van der Waals surface area contributed by atoms with Crippen LogP contribution in [0, 0.1) is 6.92 Å². The summed E-state index contributed by atoms with van der Waals surface area (Å²) in [5.74, 6) is -0.0960. The minimum atomic E-state index is -0.372. The van der Waals surface area contributed by atoms with Gasteiger partial charge in [0.2, 0.25) is 5.88 Å². The molecule has 2 aromatic rings. The van der Waals surface area contributed by atoms with E-state index < -0.39 is 0 Å². The standard InChI is InChI=1S/C11H8Cl2N2O2/c1-6-4-10(17-15-6)14-11(16)8-3-2-7(12)5-9(8)13/h2-5H,1H3,(H,14,16). The fourth-order valence-corrected chi connectivity index (χ4v) is 1.77. The van der Waals surface area contributed by atoms with Crippen LogP contribution in [0.15, 0.2) is 28.8 Å². The van der Waals surface area contributed by atoms with Crippen LogP contribution in [0.1, 0.15) is 16.1 Å². The molecule has 0 aliphatic carbocycles. The average molecular weight is 271 g/mol. The number of hydrogen-bond donors (Lipinski definition) is 1. The molecule has 1 aromatic carbocycles. The summed E-state index contributed by atoms with van der Waals surface area (Å²) in [6.07, 6.45) is 0. The Morgan fingerprint density at radius 3 is 2.71 bits per heavy atom. The molecule has 0 fully saturated rings. The van der Waals surface area contributed by atoms with Crippen molar-refractivity contribution in [2.75, 3.05) is 5.32 Å². The molecule has 0 aliphatic rings. The molecule has 1 aromatic heterocycles. The monoisotopic (exact) mass is 270 g/mol. The van der Waals surface area contributed by atoms with Crippen LogP contribution in [0.5, 0.6) is 0 Å². The van der Waals surface area contributed by atoms with E-state index in [0.717, 1.165) is 0 Å². The van der Waals surface area contributed by atoms with Gasteiger partial charge < -0.3 is 4.52 Å². The molecule has 0 radical (unpaired) electrons. The van der Waals surface area contributed by atoms with Gasteiger partial charge in [0.15, 0.2) is 0 Å². The van der Waals surface area contributed by atoms with Crippen LogP contribution in [-0.2, 0) is 0 Å². The summed E-state index contributed by atoms with van der Waals surface area (Å²) in [6, 6.07) is 6.25. The number of halogens is 2. The van der Waals surface area contributed by atoms with Crippen molar-refractivity contribution in [3.05, 3.63) is 45.6 Å². The van der Waals surface area contributed by atoms with Gasteiger partial charge in [-0.3, -0.25) is 10.1 Å². The highest BCUT2D eigenvalue weighted by atomic mass is 35.5. The maximum Gasteiger partial charge on any atom is 0.259 e. The molecule has 0 saturated heterocycles. The van der Waals surface area contributed by atoms with Gasteiger partial charge in [-0.15, -0.1) is 0 Å². The fourth-order valence-electron chi connectivity index (χ4n) is 1.28. The third-order valence-electron chi connectivity index (χ3n) is 2.04. The highest BCUT2D eigenvalue weighted by Crippen LogP contribution is 2.22. The Kier molecular flexibility index (Phi) is 3.36. The molecule has 2 rings (SSSR count). The zero-order valence-corrected chi connectivity index (χ0v) is 10.3. The zero-order chi connectivity index (χ0) is 12.4. The predicted molar refractivity (Wildman–Crippen MR) is 65.7 cm³/mol. The highest BCUT2D eigenvalue weighted by molar-refractivity contribution is 6.37. The number of carbonyl (C=O) groups is 1. The number of carbonyl (C=O) groups excluding carboxylic acids is 1. The summed E-state index contributed by atoms with van der Waals surface area (Å²) >= 11 is 11.6. The maximum atomic E-state index is 11.8. The molecule has 6 heteroatoms.